The second kappa shape index (κ2) is 9.11. The molecule has 5 rings (SSSR count). The van der Waals surface area contributed by atoms with E-state index in [1.165, 1.54) is 23.9 Å². The van der Waals surface area contributed by atoms with Gasteiger partial charge in [0.1, 0.15) is 5.75 Å². The van der Waals surface area contributed by atoms with Crippen molar-refractivity contribution >= 4 is 22.7 Å². The van der Waals surface area contributed by atoms with Crippen molar-refractivity contribution in [3.63, 3.8) is 0 Å². The van der Waals surface area contributed by atoms with E-state index in [-0.39, 0.29) is 11.9 Å². The fourth-order valence-electron chi connectivity index (χ4n) is 3.94. The van der Waals surface area contributed by atoms with Crippen LogP contribution in [-0.2, 0) is 17.0 Å². The van der Waals surface area contributed by atoms with Gasteiger partial charge in [0.2, 0.25) is 0 Å². The first kappa shape index (κ1) is 21.8. The molecule has 10 heteroatoms. The van der Waals surface area contributed by atoms with Gasteiger partial charge in [-0.05, 0) is 36.6 Å². The maximum atomic E-state index is 12.4. The first-order chi connectivity index (χ1) is 16.0. The molecule has 1 unspecified atom stereocenters. The predicted molar refractivity (Wildman–Crippen MR) is 119 cm³/mol. The Morgan fingerprint density at radius 3 is 2.70 bits per heavy atom. The first-order valence-electron chi connectivity index (χ1n) is 10.5. The summed E-state index contributed by atoms with van der Waals surface area (Å²) in [5.41, 5.74) is 2.85. The third kappa shape index (κ3) is 5.01. The van der Waals surface area contributed by atoms with Gasteiger partial charge in [-0.2, -0.15) is 0 Å². The molecule has 4 aromatic rings. The number of nitrogens with zero attached hydrogens (tertiary/aromatic N) is 3. The molecular formula is C23H21F3N4O2S. The Kier molecular flexibility index (Phi) is 6.03. The van der Waals surface area contributed by atoms with E-state index in [0.717, 1.165) is 52.5 Å². The van der Waals surface area contributed by atoms with Crippen LogP contribution in [0, 0.1) is 0 Å². The average molecular weight is 475 g/mol. The van der Waals surface area contributed by atoms with Crippen LogP contribution in [0.15, 0.2) is 59.9 Å². The molecule has 33 heavy (non-hydrogen) atoms. The lowest BCUT2D eigenvalue weighted by Gasteiger charge is -2.14. The van der Waals surface area contributed by atoms with Crippen LogP contribution < -0.4 is 4.74 Å². The Hall–Kier alpha value is -2.98. The fraction of sp³-hybridized carbons (Fsp3) is 0.304. The van der Waals surface area contributed by atoms with E-state index in [2.05, 4.69) is 24.5 Å². The van der Waals surface area contributed by atoms with Crippen LogP contribution in [0.25, 0.3) is 22.3 Å². The van der Waals surface area contributed by atoms with Crippen molar-refractivity contribution in [3.8, 4) is 17.1 Å². The number of para-hydroxylation sites is 1. The number of halogens is 3. The largest absolute Gasteiger partial charge is 0.573 e. The molecular weight excluding hydrogens is 453 g/mol. The Morgan fingerprint density at radius 2 is 1.94 bits per heavy atom. The van der Waals surface area contributed by atoms with Gasteiger partial charge in [0.15, 0.2) is 11.0 Å². The summed E-state index contributed by atoms with van der Waals surface area (Å²) in [6, 6.07) is 13.9. The van der Waals surface area contributed by atoms with Gasteiger partial charge in [-0.25, -0.2) is 0 Å². The fourth-order valence-corrected chi connectivity index (χ4v) is 4.85. The average Bonchev–Trinajstić information content (AvgIpc) is 3.53. The van der Waals surface area contributed by atoms with E-state index in [1.807, 2.05) is 30.5 Å². The molecule has 0 amide bonds. The maximum absolute atomic E-state index is 12.4. The summed E-state index contributed by atoms with van der Waals surface area (Å²) in [4.78, 5) is 3.28. The molecule has 2 aromatic heterocycles. The lowest BCUT2D eigenvalue weighted by Crippen LogP contribution is -2.17. The molecule has 3 heterocycles. The number of aromatic nitrogens is 4. The third-order valence-electron chi connectivity index (χ3n) is 5.48. The molecule has 172 valence electrons. The Balaban J connectivity index is 1.39. The number of alkyl halides is 3. The molecule has 0 bridgehead atoms. The van der Waals surface area contributed by atoms with Gasteiger partial charge in [-0.15, -0.1) is 23.4 Å². The molecule has 1 fully saturated rings. The lowest BCUT2D eigenvalue weighted by molar-refractivity contribution is -0.274. The molecule has 0 aliphatic carbocycles. The topological polar surface area (TPSA) is 65.0 Å². The smallest absolute Gasteiger partial charge is 0.406 e. The number of hydrogen-bond donors (Lipinski definition) is 1. The van der Waals surface area contributed by atoms with Gasteiger partial charge in [0.25, 0.3) is 0 Å². The number of thioether (sulfide) groups is 1. The van der Waals surface area contributed by atoms with Crippen LogP contribution >= 0.6 is 11.8 Å². The molecule has 1 atom stereocenters. The highest BCUT2D eigenvalue weighted by Gasteiger charge is 2.31. The van der Waals surface area contributed by atoms with Crippen LogP contribution in [0.2, 0.25) is 0 Å². The van der Waals surface area contributed by atoms with Crippen molar-refractivity contribution < 1.29 is 22.6 Å². The summed E-state index contributed by atoms with van der Waals surface area (Å²) in [5, 5.41) is 10.7. The van der Waals surface area contributed by atoms with Crippen LogP contribution in [0.4, 0.5) is 13.2 Å². The number of ether oxygens (including phenoxy) is 2. The summed E-state index contributed by atoms with van der Waals surface area (Å²) in [5.74, 6) is 1.06. The third-order valence-corrected chi connectivity index (χ3v) is 6.52. The highest BCUT2D eigenvalue weighted by atomic mass is 32.2. The number of hydrogen-bond acceptors (Lipinski definition) is 5. The highest BCUT2D eigenvalue weighted by Crippen LogP contribution is 2.32. The summed E-state index contributed by atoms with van der Waals surface area (Å²) in [6.45, 7) is 1.40. The molecule has 0 radical (unpaired) electrons. The van der Waals surface area contributed by atoms with Gasteiger partial charge in [0, 0.05) is 35.0 Å². The van der Waals surface area contributed by atoms with E-state index in [4.69, 9.17) is 4.74 Å². The van der Waals surface area contributed by atoms with E-state index >= 15 is 0 Å². The zero-order valence-electron chi connectivity index (χ0n) is 17.5. The van der Waals surface area contributed by atoms with Crippen molar-refractivity contribution in [2.24, 2.45) is 0 Å². The van der Waals surface area contributed by atoms with Crippen molar-refractivity contribution in [1.82, 2.24) is 19.7 Å². The second-order valence-corrected chi connectivity index (χ2v) is 8.72. The summed E-state index contributed by atoms with van der Waals surface area (Å²) in [6.07, 6.45) is -0.647. The Labute approximate surface area is 192 Å². The molecule has 1 N–H and O–H groups in total. The van der Waals surface area contributed by atoms with Crippen molar-refractivity contribution in [2.75, 3.05) is 6.61 Å². The quantitative estimate of drug-likeness (QED) is 0.343. The minimum Gasteiger partial charge on any atom is -0.406 e. The number of fused-ring (bicyclic) bond motifs is 1. The van der Waals surface area contributed by atoms with E-state index in [1.54, 1.807) is 12.1 Å². The molecule has 0 saturated carbocycles. The summed E-state index contributed by atoms with van der Waals surface area (Å²) >= 11 is 1.49. The number of aromatic amines is 1. The van der Waals surface area contributed by atoms with Gasteiger partial charge >= 0.3 is 6.36 Å². The SMILES string of the molecule is FC(F)(F)Oc1ccc(CSc2nnc(-c3c[nH]c4ccccc34)n2CC2CCCO2)cc1. The Bertz CT molecular complexity index is 1230. The monoisotopic (exact) mass is 474 g/mol. The standard InChI is InChI=1S/C23H21F3N4O2S/c24-23(25,26)32-16-9-7-15(8-10-16)14-33-22-29-28-21(30(22)13-17-4-3-11-31-17)19-12-27-20-6-2-1-5-18(19)20/h1-2,5-10,12,17,27H,3-4,11,13-14H2. The minimum absolute atomic E-state index is 0.100. The number of rotatable bonds is 7. The summed E-state index contributed by atoms with van der Waals surface area (Å²) < 4.78 is 49.0. The van der Waals surface area contributed by atoms with Crippen LogP contribution in [0.1, 0.15) is 18.4 Å². The van der Waals surface area contributed by atoms with E-state index < -0.39 is 6.36 Å². The van der Waals surface area contributed by atoms with E-state index in [0.29, 0.717) is 12.3 Å². The van der Waals surface area contributed by atoms with Crippen LogP contribution in [0.5, 0.6) is 5.75 Å². The van der Waals surface area contributed by atoms with Gasteiger partial charge in [0.05, 0.1) is 12.6 Å². The second-order valence-electron chi connectivity index (χ2n) is 7.78. The highest BCUT2D eigenvalue weighted by molar-refractivity contribution is 7.98. The number of nitrogens with one attached hydrogen (secondary N) is 1. The molecule has 6 nitrogen and oxygen atoms in total. The lowest BCUT2D eigenvalue weighted by atomic mass is 10.1. The normalized spacial score (nSPS) is 16.5. The Morgan fingerprint density at radius 1 is 1.12 bits per heavy atom. The minimum atomic E-state index is -4.70. The van der Waals surface area contributed by atoms with Crippen LogP contribution in [-0.4, -0.2) is 38.8 Å². The van der Waals surface area contributed by atoms with E-state index in [9.17, 15) is 13.2 Å². The van der Waals surface area contributed by atoms with Gasteiger partial charge in [-0.1, -0.05) is 42.1 Å². The zero-order valence-corrected chi connectivity index (χ0v) is 18.3. The van der Waals surface area contributed by atoms with Crippen molar-refractivity contribution in [3.05, 3.63) is 60.3 Å². The van der Waals surface area contributed by atoms with Crippen molar-refractivity contribution in [2.45, 2.75) is 42.8 Å². The van der Waals surface area contributed by atoms with Gasteiger partial charge < -0.3 is 14.5 Å². The molecule has 2 aromatic carbocycles. The maximum Gasteiger partial charge on any atom is 0.573 e. The van der Waals surface area contributed by atoms with Gasteiger partial charge in [-0.3, -0.25) is 4.57 Å². The zero-order chi connectivity index (χ0) is 22.8. The number of H-pyrrole nitrogens is 1. The van der Waals surface area contributed by atoms with Crippen LogP contribution in [0.3, 0.4) is 0 Å². The summed E-state index contributed by atoms with van der Waals surface area (Å²) in [7, 11) is 0. The molecule has 1 saturated heterocycles. The predicted octanol–water partition coefficient (Wildman–Crippen LogP) is 5.80. The molecule has 1 aliphatic heterocycles. The first-order valence-corrected chi connectivity index (χ1v) is 11.5. The molecule has 0 spiro atoms. The van der Waals surface area contributed by atoms with Crippen molar-refractivity contribution in [1.29, 1.82) is 0 Å². The molecule has 1 aliphatic rings. The number of benzene rings is 2.